The fraction of sp³-hybridized carbons (Fsp3) is 0.571. The maximum absolute atomic E-state index is 10.5. The Bertz CT molecular complexity index is 323. The summed E-state index contributed by atoms with van der Waals surface area (Å²) in [6.07, 6.45) is 1.24. The van der Waals surface area contributed by atoms with Gasteiger partial charge in [-0.05, 0) is 6.92 Å². The third-order valence-electron chi connectivity index (χ3n) is 1.52. The van der Waals surface area contributed by atoms with Crippen molar-refractivity contribution in [2.24, 2.45) is 0 Å². The summed E-state index contributed by atoms with van der Waals surface area (Å²) in [6.45, 7) is 2.13. The van der Waals surface area contributed by atoms with Crippen molar-refractivity contribution in [2.75, 3.05) is 13.2 Å². The average Bonchev–Trinajstić information content (AvgIpc) is 2.49. The van der Waals surface area contributed by atoms with Gasteiger partial charge >= 0.3 is 11.6 Å². The summed E-state index contributed by atoms with van der Waals surface area (Å²) in [7, 11) is 0. The number of aliphatic hydroxyl groups excluding tert-OH is 1. The molecule has 14 heavy (non-hydrogen) atoms. The molecule has 1 N–H and O–H groups in total. The topological polar surface area (TPSA) is 90.4 Å². The van der Waals surface area contributed by atoms with Gasteiger partial charge in [-0.1, -0.05) is 0 Å². The smallest absolute Gasteiger partial charge is 0.350 e. The van der Waals surface area contributed by atoms with Crippen LogP contribution in [-0.4, -0.2) is 33.0 Å². The van der Waals surface area contributed by atoms with Crippen molar-refractivity contribution in [3.05, 3.63) is 16.3 Å². The molecule has 0 spiro atoms. The van der Waals surface area contributed by atoms with Crippen molar-refractivity contribution < 1.29 is 14.8 Å². The minimum Gasteiger partial charge on any atom is -0.472 e. The van der Waals surface area contributed by atoms with Crippen molar-refractivity contribution in [2.45, 2.75) is 13.5 Å². The van der Waals surface area contributed by atoms with Gasteiger partial charge in [0.25, 0.3) is 0 Å². The summed E-state index contributed by atoms with van der Waals surface area (Å²) < 4.78 is 6.25. The van der Waals surface area contributed by atoms with Gasteiger partial charge in [0.1, 0.15) is 6.20 Å². The third-order valence-corrected chi connectivity index (χ3v) is 1.52. The van der Waals surface area contributed by atoms with Crippen LogP contribution < -0.4 is 4.74 Å². The highest BCUT2D eigenvalue weighted by atomic mass is 16.6. The Morgan fingerprint density at radius 2 is 2.50 bits per heavy atom. The van der Waals surface area contributed by atoms with Crippen LogP contribution in [-0.2, 0) is 6.54 Å². The molecule has 1 aromatic heterocycles. The molecule has 0 bridgehead atoms. The lowest BCUT2D eigenvalue weighted by Gasteiger charge is -1.96. The molecular formula is C7H11N3O4. The van der Waals surface area contributed by atoms with Crippen LogP contribution in [0.5, 0.6) is 5.88 Å². The van der Waals surface area contributed by atoms with Gasteiger partial charge in [-0.3, -0.25) is 14.8 Å². The van der Waals surface area contributed by atoms with Crippen LogP contribution >= 0.6 is 0 Å². The molecule has 0 saturated carbocycles. The molecule has 0 aromatic carbocycles. The van der Waals surface area contributed by atoms with Crippen LogP contribution in [0.15, 0.2) is 6.20 Å². The van der Waals surface area contributed by atoms with E-state index in [9.17, 15) is 10.1 Å². The molecule has 0 radical (unpaired) electrons. The molecule has 1 rings (SSSR count). The zero-order valence-electron chi connectivity index (χ0n) is 7.71. The fourth-order valence-electron chi connectivity index (χ4n) is 0.975. The molecule has 7 heteroatoms. The number of ether oxygens (including phenoxy) is 1. The Hall–Kier alpha value is -1.63. The predicted octanol–water partition coefficient (Wildman–Crippen LogP) is 0.182. The summed E-state index contributed by atoms with van der Waals surface area (Å²) in [5.74, 6) is -0.00838. The van der Waals surface area contributed by atoms with E-state index in [-0.39, 0.29) is 24.7 Å². The number of aliphatic hydroxyl groups is 1. The molecule has 1 heterocycles. The molecule has 1 aromatic rings. The highest BCUT2D eigenvalue weighted by Gasteiger charge is 2.20. The van der Waals surface area contributed by atoms with E-state index < -0.39 is 4.92 Å². The molecular weight excluding hydrogens is 190 g/mol. The standard InChI is InChI=1S/C7H11N3O4/c1-2-14-7-6(10(12)13)5-9(8-7)3-4-11/h5,11H,2-4H2,1H3. The summed E-state index contributed by atoms with van der Waals surface area (Å²) in [4.78, 5) is 9.96. The van der Waals surface area contributed by atoms with Crippen LogP contribution in [0.2, 0.25) is 0 Å². The lowest BCUT2D eigenvalue weighted by molar-refractivity contribution is -0.385. The van der Waals surface area contributed by atoms with Crippen LogP contribution in [0.3, 0.4) is 0 Å². The highest BCUT2D eigenvalue weighted by Crippen LogP contribution is 2.24. The van der Waals surface area contributed by atoms with Crippen molar-refractivity contribution in [3.8, 4) is 5.88 Å². The monoisotopic (exact) mass is 201 g/mol. The zero-order valence-corrected chi connectivity index (χ0v) is 7.71. The zero-order chi connectivity index (χ0) is 10.6. The van der Waals surface area contributed by atoms with Gasteiger partial charge in [0.2, 0.25) is 0 Å². The molecule has 0 fully saturated rings. The second-order valence-corrected chi connectivity index (χ2v) is 2.50. The van der Waals surface area contributed by atoms with Gasteiger partial charge in [0.15, 0.2) is 0 Å². The Morgan fingerprint density at radius 1 is 1.79 bits per heavy atom. The minimum atomic E-state index is -0.564. The maximum Gasteiger partial charge on any atom is 0.350 e. The summed E-state index contributed by atoms with van der Waals surface area (Å²) in [5.41, 5.74) is -0.180. The van der Waals surface area contributed by atoms with Crippen molar-refractivity contribution >= 4 is 5.69 Å². The summed E-state index contributed by atoms with van der Waals surface area (Å²) >= 11 is 0. The largest absolute Gasteiger partial charge is 0.472 e. The van der Waals surface area contributed by atoms with E-state index >= 15 is 0 Å². The number of hydrogen-bond acceptors (Lipinski definition) is 5. The highest BCUT2D eigenvalue weighted by molar-refractivity contribution is 5.38. The second-order valence-electron chi connectivity index (χ2n) is 2.50. The van der Waals surface area contributed by atoms with E-state index in [0.717, 1.165) is 0 Å². The first kappa shape index (κ1) is 10.5. The van der Waals surface area contributed by atoms with Crippen LogP contribution in [0.25, 0.3) is 0 Å². The van der Waals surface area contributed by atoms with E-state index in [1.165, 1.54) is 10.9 Å². The molecule has 78 valence electrons. The first-order chi connectivity index (χ1) is 6.69. The second kappa shape index (κ2) is 4.56. The van der Waals surface area contributed by atoms with Gasteiger partial charge in [-0.25, -0.2) is 0 Å². The SMILES string of the molecule is CCOc1nn(CCO)cc1[N+](=O)[O-]. The van der Waals surface area contributed by atoms with Crippen LogP contribution in [0.1, 0.15) is 6.92 Å². The molecule has 0 atom stereocenters. The number of aromatic nitrogens is 2. The lowest BCUT2D eigenvalue weighted by Crippen LogP contribution is -2.02. The van der Waals surface area contributed by atoms with Crippen molar-refractivity contribution in [1.29, 1.82) is 0 Å². The van der Waals surface area contributed by atoms with E-state index in [2.05, 4.69) is 5.10 Å². The van der Waals surface area contributed by atoms with Gasteiger partial charge in [-0.2, -0.15) is 0 Å². The predicted molar refractivity (Wildman–Crippen MR) is 47.1 cm³/mol. The summed E-state index contributed by atoms with van der Waals surface area (Å²) in [5, 5.41) is 22.9. The number of nitrogens with zero attached hydrogens (tertiary/aromatic N) is 3. The van der Waals surface area contributed by atoms with Crippen molar-refractivity contribution in [1.82, 2.24) is 9.78 Å². The molecule has 0 aliphatic carbocycles. The molecule has 0 amide bonds. The Morgan fingerprint density at radius 3 is 3.00 bits per heavy atom. The number of rotatable bonds is 5. The first-order valence-corrected chi connectivity index (χ1v) is 4.14. The normalized spacial score (nSPS) is 10.1. The lowest BCUT2D eigenvalue weighted by atomic mass is 10.5. The molecule has 0 aliphatic heterocycles. The average molecular weight is 201 g/mol. The quantitative estimate of drug-likeness (QED) is 0.542. The Labute approximate surface area is 80.1 Å². The van der Waals surface area contributed by atoms with Gasteiger partial charge < -0.3 is 9.84 Å². The Balaban J connectivity index is 2.93. The van der Waals surface area contributed by atoms with Gasteiger partial charge in [0.05, 0.1) is 24.7 Å². The van der Waals surface area contributed by atoms with Gasteiger partial charge in [-0.15, -0.1) is 5.10 Å². The number of nitro groups is 1. The van der Waals surface area contributed by atoms with E-state index in [1.54, 1.807) is 6.92 Å². The first-order valence-electron chi connectivity index (χ1n) is 4.14. The van der Waals surface area contributed by atoms with E-state index in [4.69, 9.17) is 9.84 Å². The Kier molecular flexibility index (Phi) is 3.41. The molecule has 0 saturated heterocycles. The van der Waals surface area contributed by atoms with Crippen LogP contribution in [0.4, 0.5) is 5.69 Å². The molecule has 7 nitrogen and oxygen atoms in total. The molecule has 0 aliphatic rings. The summed E-state index contributed by atoms with van der Waals surface area (Å²) in [6, 6.07) is 0. The number of hydrogen-bond donors (Lipinski definition) is 1. The van der Waals surface area contributed by atoms with Gasteiger partial charge in [0, 0.05) is 0 Å². The van der Waals surface area contributed by atoms with E-state index in [0.29, 0.717) is 6.61 Å². The third kappa shape index (κ3) is 2.19. The maximum atomic E-state index is 10.5. The molecule has 0 unspecified atom stereocenters. The van der Waals surface area contributed by atoms with Crippen LogP contribution in [0, 0.1) is 10.1 Å². The van der Waals surface area contributed by atoms with E-state index in [1.807, 2.05) is 0 Å². The minimum absolute atomic E-state index is 0.00838. The fourth-order valence-corrected chi connectivity index (χ4v) is 0.975. The van der Waals surface area contributed by atoms with Crippen molar-refractivity contribution in [3.63, 3.8) is 0 Å².